The van der Waals surface area contributed by atoms with Crippen LogP contribution < -0.4 is 10.6 Å². The molecule has 0 aliphatic heterocycles. The Balaban J connectivity index is 1.49. The number of anilines is 1. The lowest BCUT2D eigenvalue weighted by Crippen LogP contribution is -2.30. The van der Waals surface area contributed by atoms with Crippen LogP contribution in [0.2, 0.25) is 5.02 Å². The highest BCUT2D eigenvalue weighted by Gasteiger charge is 2.16. The maximum Gasteiger partial charge on any atom is 0.272 e. The summed E-state index contributed by atoms with van der Waals surface area (Å²) in [5.74, 6) is -1.37. The number of thioether (sulfide) groups is 1. The molecule has 4 rings (SSSR count). The number of amides is 2. The summed E-state index contributed by atoms with van der Waals surface area (Å²) >= 11 is 7.44. The molecular formula is C30H22ClFN2O3S. The van der Waals surface area contributed by atoms with E-state index in [4.69, 9.17) is 11.6 Å². The topological polar surface area (TPSA) is 75.3 Å². The SMILES string of the molecule is O=C(Nc1cccc(SCC(=O)c2ccccc2Cl)c1)/C(=C/c1ccc(F)cc1)NC(=O)c1ccccc1. The molecule has 0 unspecified atom stereocenters. The van der Waals surface area contributed by atoms with Crippen LogP contribution in [0.25, 0.3) is 6.08 Å². The first-order chi connectivity index (χ1) is 18.4. The standard InChI is InChI=1S/C30H22ClFN2O3S/c31-26-12-5-4-11-25(26)28(35)19-38-24-10-6-9-23(18-24)33-30(37)27(17-20-13-15-22(32)16-14-20)34-29(36)21-7-2-1-3-8-21/h1-18H,19H2,(H,33,37)(H,34,36)/b27-17-. The molecule has 0 aliphatic carbocycles. The van der Waals surface area contributed by atoms with Crippen molar-refractivity contribution in [2.24, 2.45) is 0 Å². The molecule has 2 N–H and O–H groups in total. The van der Waals surface area contributed by atoms with E-state index in [1.54, 1.807) is 72.8 Å². The fraction of sp³-hybridized carbons (Fsp3) is 0.0333. The van der Waals surface area contributed by atoms with Crippen LogP contribution in [0.1, 0.15) is 26.3 Å². The third-order valence-electron chi connectivity index (χ3n) is 5.35. The fourth-order valence-electron chi connectivity index (χ4n) is 3.44. The largest absolute Gasteiger partial charge is 0.321 e. The summed E-state index contributed by atoms with van der Waals surface area (Å²) < 4.78 is 13.4. The molecule has 190 valence electrons. The second-order valence-corrected chi connectivity index (χ2v) is 9.56. The molecule has 2 amide bonds. The highest BCUT2D eigenvalue weighted by molar-refractivity contribution is 8.00. The van der Waals surface area contributed by atoms with Crippen molar-refractivity contribution in [2.75, 3.05) is 11.1 Å². The van der Waals surface area contributed by atoms with Gasteiger partial charge in [-0.25, -0.2) is 4.39 Å². The van der Waals surface area contributed by atoms with Gasteiger partial charge in [-0.15, -0.1) is 11.8 Å². The first kappa shape index (κ1) is 26.9. The number of carbonyl (C=O) groups excluding carboxylic acids is 3. The molecule has 38 heavy (non-hydrogen) atoms. The van der Waals surface area contributed by atoms with E-state index < -0.39 is 17.6 Å². The number of Topliss-reactive ketones (excluding diaryl/α,β-unsaturated/α-hetero) is 1. The lowest BCUT2D eigenvalue weighted by molar-refractivity contribution is -0.113. The maximum atomic E-state index is 13.4. The molecule has 0 spiro atoms. The first-order valence-electron chi connectivity index (χ1n) is 11.5. The molecule has 5 nitrogen and oxygen atoms in total. The van der Waals surface area contributed by atoms with E-state index >= 15 is 0 Å². The quantitative estimate of drug-likeness (QED) is 0.137. The number of ketones is 1. The van der Waals surface area contributed by atoms with Crippen molar-refractivity contribution >= 4 is 52.7 Å². The molecule has 8 heteroatoms. The summed E-state index contributed by atoms with van der Waals surface area (Å²) in [6, 6.07) is 27.9. The third-order valence-corrected chi connectivity index (χ3v) is 6.67. The average molecular weight is 545 g/mol. The molecule has 0 heterocycles. The highest BCUT2D eigenvalue weighted by atomic mass is 35.5. The van der Waals surface area contributed by atoms with Gasteiger partial charge in [-0.05, 0) is 66.2 Å². The normalized spacial score (nSPS) is 11.1. The molecule has 0 aliphatic rings. The zero-order chi connectivity index (χ0) is 26.9. The molecule has 0 saturated heterocycles. The molecule has 0 fully saturated rings. The van der Waals surface area contributed by atoms with Gasteiger partial charge in [0.1, 0.15) is 11.5 Å². The summed E-state index contributed by atoms with van der Waals surface area (Å²) in [6.45, 7) is 0. The summed E-state index contributed by atoms with van der Waals surface area (Å²) in [7, 11) is 0. The van der Waals surface area contributed by atoms with Crippen molar-refractivity contribution < 1.29 is 18.8 Å². The van der Waals surface area contributed by atoms with Crippen LogP contribution in [0.15, 0.2) is 114 Å². The van der Waals surface area contributed by atoms with Crippen molar-refractivity contribution in [3.05, 3.63) is 136 Å². The summed E-state index contributed by atoms with van der Waals surface area (Å²) in [6.07, 6.45) is 1.47. The van der Waals surface area contributed by atoms with Gasteiger partial charge in [-0.3, -0.25) is 14.4 Å². The predicted molar refractivity (Wildman–Crippen MR) is 150 cm³/mol. The Morgan fingerprint density at radius 3 is 2.29 bits per heavy atom. The number of rotatable bonds is 9. The van der Waals surface area contributed by atoms with Gasteiger partial charge >= 0.3 is 0 Å². The number of nitrogens with one attached hydrogen (secondary N) is 2. The lowest BCUT2D eigenvalue weighted by atomic mass is 10.1. The summed E-state index contributed by atoms with van der Waals surface area (Å²) in [5, 5.41) is 5.83. The smallest absolute Gasteiger partial charge is 0.272 e. The van der Waals surface area contributed by atoms with E-state index in [1.165, 1.54) is 42.1 Å². The van der Waals surface area contributed by atoms with Crippen LogP contribution in [0, 0.1) is 5.82 Å². The van der Waals surface area contributed by atoms with Crippen LogP contribution in [0.4, 0.5) is 10.1 Å². The molecule has 4 aromatic carbocycles. The summed E-state index contributed by atoms with van der Waals surface area (Å²) in [5.41, 5.74) is 1.83. The van der Waals surface area contributed by atoms with Gasteiger partial charge in [0.2, 0.25) is 0 Å². The van der Waals surface area contributed by atoms with E-state index in [0.717, 1.165) is 4.90 Å². The monoisotopic (exact) mass is 544 g/mol. The Morgan fingerprint density at radius 1 is 0.842 bits per heavy atom. The Kier molecular flexibility index (Phi) is 9.08. The third kappa shape index (κ3) is 7.41. The molecule has 0 atom stereocenters. The molecule has 0 radical (unpaired) electrons. The van der Waals surface area contributed by atoms with Gasteiger partial charge in [-0.1, -0.05) is 60.1 Å². The Bertz CT molecular complexity index is 1490. The van der Waals surface area contributed by atoms with Crippen LogP contribution >= 0.6 is 23.4 Å². The van der Waals surface area contributed by atoms with Crippen molar-refractivity contribution in [3.8, 4) is 0 Å². The number of halogens is 2. The fourth-order valence-corrected chi connectivity index (χ4v) is 4.52. The number of carbonyl (C=O) groups is 3. The van der Waals surface area contributed by atoms with E-state index in [9.17, 15) is 18.8 Å². The minimum Gasteiger partial charge on any atom is -0.321 e. The molecule has 0 saturated carbocycles. The maximum absolute atomic E-state index is 13.4. The zero-order valence-electron chi connectivity index (χ0n) is 20.0. The molecular weight excluding hydrogens is 523 g/mol. The van der Waals surface area contributed by atoms with Crippen molar-refractivity contribution in [1.82, 2.24) is 5.32 Å². The van der Waals surface area contributed by atoms with Crippen molar-refractivity contribution in [3.63, 3.8) is 0 Å². The van der Waals surface area contributed by atoms with Crippen molar-refractivity contribution in [1.29, 1.82) is 0 Å². The Morgan fingerprint density at radius 2 is 1.55 bits per heavy atom. The predicted octanol–water partition coefficient (Wildman–Crippen LogP) is 6.86. The molecule has 0 bridgehead atoms. The second-order valence-electron chi connectivity index (χ2n) is 8.10. The van der Waals surface area contributed by atoms with Gasteiger partial charge in [0.25, 0.3) is 11.8 Å². The lowest BCUT2D eigenvalue weighted by Gasteiger charge is -2.12. The van der Waals surface area contributed by atoms with Gasteiger partial charge in [-0.2, -0.15) is 0 Å². The minimum absolute atomic E-state index is 0.0163. The number of benzene rings is 4. The van der Waals surface area contributed by atoms with Crippen LogP contribution in [-0.2, 0) is 4.79 Å². The number of hydrogen-bond acceptors (Lipinski definition) is 4. The van der Waals surface area contributed by atoms with Gasteiger partial charge in [0, 0.05) is 21.7 Å². The van der Waals surface area contributed by atoms with Crippen LogP contribution in [0.5, 0.6) is 0 Å². The highest BCUT2D eigenvalue weighted by Crippen LogP contribution is 2.25. The van der Waals surface area contributed by atoms with E-state index in [0.29, 0.717) is 27.4 Å². The van der Waals surface area contributed by atoms with E-state index in [-0.39, 0.29) is 17.2 Å². The second kappa shape index (κ2) is 12.9. The van der Waals surface area contributed by atoms with Crippen LogP contribution in [0.3, 0.4) is 0 Å². The van der Waals surface area contributed by atoms with Gasteiger partial charge < -0.3 is 10.6 Å². The van der Waals surface area contributed by atoms with E-state index in [2.05, 4.69) is 10.6 Å². The molecule has 0 aromatic heterocycles. The average Bonchev–Trinajstić information content (AvgIpc) is 2.93. The Labute approximate surface area is 228 Å². The first-order valence-corrected chi connectivity index (χ1v) is 12.9. The summed E-state index contributed by atoms with van der Waals surface area (Å²) in [4.78, 5) is 39.3. The zero-order valence-corrected chi connectivity index (χ0v) is 21.6. The van der Waals surface area contributed by atoms with Crippen molar-refractivity contribution in [2.45, 2.75) is 4.90 Å². The number of hydrogen-bond donors (Lipinski definition) is 2. The van der Waals surface area contributed by atoms with Gasteiger partial charge in [0.05, 0.1) is 10.8 Å². The van der Waals surface area contributed by atoms with E-state index in [1.807, 2.05) is 6.07 Å². The minimum atomic E-state index is -0.562. The van der Waals surface area contributed by atoms with Gasteiger partial charge in [0.15, 0.2) is 5.78 Å². The Hall–Kier alpha value is -4.20. The molecule has 4 aromatic rings. The van der Waals surface area contributed by atoms with Crippen LogP contribution in [-0.4, -0.2) is 23.4 Å².